The van der Waals surface area contributed by atoms with E-state index in [0.29, 0.717) is 6.04 Å². The zero-order chi connectivity index (χ0) is 13.8. The van der Waals surface area contributed by atoms with Gasteiger partial charge in [-0.1, -0.05) is 6.07 Å². The number of likely N-dealkylation sites (tertiary alicyclic amines) is 1. The second-order valence-electron chi connectivity index (χ2n) is 5.23. The Bertz CT molecular complexity index is 462. The molecule has 1 fully saturated rings. The van der Waals surface area contributed by atoms with E-state index >= 15 is 0 Å². The van der Waals surface area contributed by atoms with E-state index in [0.717, 1.165) is 25.2 Å². The van der Waals surface area contributed by atoms with Gasteiger partial charge in [-0.05, 0) is 44.5 Å². The first kappa shape index (κ1) is 14.0. The molecule has 1 N–H and O–H groups in total. The normalized spacial score (nSPS) is 20.4. The van der Waals surface area contributed by atoms with Crippen molar-refractivity contribution >= 4 is 5.69 Å². The summed E-state index contributed by atoms with van der Waals surface area (Å²) in [5.74, 6) is 0. The molecule has 1 heterocycles. The third-order valence-electron chi connectivity index (χ3n) is 3.84. The van der Waals surface area contributed by atoms with Crippen molar-refractivity contribution in [3.63, 3.8) is 0 Å². The van der Waals surface area contributed by atoms with Gasteiger partial charge >= 0.3 is 0 Å². The minimum atomic E-state index is -0.339. The lowest BCUT2D eigenvalue weighted by Gasteiger charge is -2.32. The van der Waals surface area contributed by atoms with E-state index in [1.165, 1.54) is 18.4 Å². The molecule has 1 atom stereocenters. The van der Waals surface area contributed by atoms with Gasteiger partial charge in [-0.3, -0.25) is 15.0 Å². The molecular formula is C14H21N3O2. The van der Waals surface area contributed by atoms with Gasteiger partial charge in [-0.25, -0.2) is 0 Å². The second-order valence-corrected chi connectivity index (χ2v) is 5.23. The van der Waals surface area contributed by atoms with Gasteiger partial charge in [-0.2, -0.15) is 0 Å². The largest absolute Gasteiger partial charge is 0.316 e. The Morgan fingerprint density at radius 3 is 2.95 bits per heavy atom. The lowest BCUT2D eigenvalue weighted by molar-refractivity contribution is -0.384. The highest BCUT2D eigenvalue weighted by atomic mass is 16.6. The van der Waals surface area contributed by atoms with Crippen molar-refractivity contribution in [3.05, 3.63) is 39.4 Å². The molecule has 0 amide bonds. The first-order valence-corrected chi connectivity index (χ1v) is 6.73. The van der Waals surface area contributed by atoms with E-state index in [4.69, 9.17) is 0 Å². The van der Waals surface area contributed by atoms with Crippen LogP contribution in [0.25, 0.3) is 0 Å². The van der Waals surface area contributed by atoms with Crippen molar-refractivity contribution in [1.29, 1.82) is 0 Å². The fourth-order valence-corrected chi connectivity index (χ4v) is 2.65. The van der Waals surface area contributed by atoms with Crippen LogP contribution in [0.15, 0.2) is 18.2 Å². The summed E-state index contributed by atoms with van der Waals surface area (Å²) in [5, 5.41) is 14.1. The molecule has 5 nitrogen and oxygen atoms in total. The molecular weight excluding hydrogens is 242 g/mol. The Labute approximate surface area is 113 Å². The van der Waals surface area contributed by atoms with Gasteiger partial charge in [0, 0.05) is 31.3 Å². The number of nitro benzene ring substituents is 1. The van der Waals surface area contributed by atoms with E-state index in [1.54, 1.807) is 12.1 Å². The lowest BCUT2D eigenvalue weighted by Crippen LogP contribution is -2.43. The third-order valence-corrected chi connectivity index (χ3v) is 3.84. The Morgan fingerprint density at radius 1 is 1.53 bits per heavy atom. The zero-order valence-corrected chi connectivity index (χ0v) is 11.6. The lowest BCUT2D eigenvalue weighted by atomic mass is 10.0. The van der Waals surface area contributed by atoms with Crippen LogP contribution in [0.2, 0.25) is 0 Å². The van der Waals surface area contributed by atoms with Gasteiger partial charge in [0.15, 0.2) is 0 Å². The van der Waals surface area contributed by atoms with Crippen molar-refractivity contribution in [2.75, 3.05) is 20.1 Å². The molecule has 0 aliphatic carbocycles. The van der Waals surface area contributed by atoms with Crippen LogP contribution in [-0.4, -0.2) is 36.0 Å². The van der Waals surface area contributed by atoms with Crippen molar-refractivity contribution < 1.29 is 4.92 Å². The van der Waals surface area contributed by atoms with Crippen LogP contribution in [0, 0.1) is 17.0 Å². The minimum Gasteiger partial charge on any atom is -0.316 e. The molecule has 0 aromatic heterocycles. The highest BCUT2D eigenvalue weighted by Gasteiger charge is 2.19. The topological polar surface area (TPSA) is 58.4 Å². The third kappa shape index (κ3) is 3.52. The number of hydrogen-bond donors (Lipinski definition) is 1. The quantitative estimate of drug-likeness (QED) is 0.667. The molecule has 0 radical (unpaired) electrons. The second kappa shape index (κ2) is 6.12. The van der Waals surface area contributed by atoms with Gasteiger partial charge in [0.25, 0.3) is 5.69 Å². The van der Waals surface area contributed by atoms with E-state index in [-0.39, 0.29) is 10.6 Å². The number of nitrogens with one attached hydrogen (secondary N) is 1. The molecule has 1 aromatic carbocycles. The molecule has 5 heteroatoms. The molecule has 19 heavy (non-hydrogen) atoms. The summed E-state index contributed by atoms with van der Waals surface area (Å²) >= 11 is 0. The Morgan fingerprint density at radius 2 is 2.32 bits per heavy atom. The van der Waals surface area contributed by atoms with Crippen LogP contribution in [0.1, 0.15) is 24.0 Å². The number of non-ortho nitro benzene ring substituents is 1. The van der Waals surface area contributed by atoms with Gasteiger partial charge < -0.3 is 5.32 Å². The standard InChI is InChI=1S/C14H21N3O2/c1-11-8-14(17(18)19)6-5-12(11)9-16-7-3-4-13(10-16)15-2/h5-6,8,13,15H,3-4,7,9-10H2,1-2H3. The molecule has 0 bridgehead atoms. The molecule has 1 unspecified atom stereocenters. The fraction of sp³-hybridized carbons (Fsp3) is 0.571. The molecule has 1 aromatic rings. The first-order valence-electron chi connectivity index (χ1n) is 6.73. The van der Waals surface area contributed by atoms with Crippen molar-refractivity contribution in [2.24, 2.45) is 0 Å². The predicted octanol–water partition coefficient (Wildman–Crippen LogP) is 2.09. The van der Waals surface area contributed by atoms with Gasteiger partial charge in [0.05, 0.1) is 4.92 Å². The Kier molecular flexibility index (Phi) is 4.50. The summed E-state index contributed by atoms with van der Waals surface area (Å²) in [7, 11) is 2.01. The van der Waals surface area contributed by atoms with Crippen LogP contribution in [0.3, 0.4) is 0 Å². The number of hydrogen-bond acceptors (Lipinski definition) is 4. The van der Waals surface area contributed by atoms with Crippen LogP contribution < -0.4 is 5.32 Å². The van der Waals surface area contributed by atoms with Gasteiger partial charge in [-0.15, -0.1) is 0 Å². The summed E-state index contributed by atoms with van der Waals surface area (Å²) in [6.07, 6.45) is 2.43. The van der Waals surface area contributed by atoms with E-state index in [9.17, 15) is 10.1 Å². The average Bonchev–Trinajstić information content (AvgIpc) is 2.41. The van der Waals surface area contributed by atoms with Crippen LogP contribution in [0.4, 0.5) is 5.69 Å². The molecule has 1 aliphatic rings. The summed E-state index contributed by atoms with van der Waals surface area (Å²) in [4.78, 5) is 12.8. The molecule has 0 spiro atoms. The maximum atomic E-state index is 10.7. The first-order chi connectivity index (χ1) is 9.10. The number of likely N-dealkylation sites (N-methyl/N-ethyl adjacent to an activating group) is 1. The SMILES string of the molecule is CNC1CCCN(Cc2ccc([N+](=O)[O-])cc2C)C1. The number of piperidine rings is 1. The molecule has 0 saturated carbocycles. The summed E-state index contributed by atoms with van der Waals surface area (Å²) in [6.45, 7) is 4.98. The Hall–Kier alpha value is -1.46. The maximum absolute atomic E-state index is 10.7. The predicted molar refractivity (Wildman–Crippen MR) is 75.2 cm³/mol. The number of nitro groups is 1. The van der Waals surface area contributed by atoms with E-state index in [2.05, 4.69) is 10.2 Å². The summed E-state index contributed by atoms with van der Waals surface area (Å²) < 4.78 is 0. The number of nitrogens with zero attached hydrogens (tertiary/aromatic N) is 2. The maximum Gasteiger partial charge on any atom is 0.269 e. The fourth-order valence-electron chi connectivity index (χ4n) is 2.65. The number of benzene rings is 1. The van der Waals surface area contributed by atoms with Gasteiger partial charge in [0.1, 0.15) is 0 Å². The summed E-state index contributed by atoms with van der Waals surface area (Å²) in [5.41, 5.74) is 2.36. The molecule has 104 valence electrons. The summed E-state index contributed by atoms with van der Waals surface area (Å²) in [6, 6.07) is 5.71. The van der Waals surface area contributed by atoms with Crippen LogP contribution in [0.5, 0.6) is 0 Å². The highest BCUT2D eigenvalue weighted by Crippen LogP contribution is 2.20. The molecule has 1 aliphatic heterocycles. The monoisotopic (exact) mass is 263 g/mol. The zero-order valence-electron chi connectivity index (χ0n) is 11.6. The van der Waals surface area contributed by atoms with Crippen LogP contribution in [-0.2, 0) is 6.54 Å². The number of aryl methyl sites for hydroxylation is 1. The number of rotatable bonds is 4. The molecule has 1 saturated heterocycles. The minimum absolute atomic E-state index is 0.174. The van der Waals surface area contributed by atoms with Crippen LogP contribution >= 0.6 is 0 Å². The van der Waals surface area contributed by atoms with Crippen molar-refractivity contribution in [1.82, 2.24) is 10.2 Å². The van der Waals surface area contributed by atoms with Crippen molar-refractivity contribution in [3.8, 4) is 0 Å². The van der Waals surface area contributed by atoms with Gasteiger partial charge in [0.2, 0.25) is 0 Å². The van der Waals surface area contributed by atoms with E-state index in [1.807, 2.05) is 20.0 Å². The smallest absolute Gasteiger partial charge is 0.269 e. The highest BCUT2D eigenvalue weighted by molar-refractivity contribution is 5.39. The van der Waals surface area contributed by atoms with E-state index < -0.39 is 0 Å². The molecule has 2 rings (SSSR count). The average molecular weight is 263 g/mol. The van der Waals surface area contributed by atoms with Crippen molar-refractivity contribution in [2.45, 2.75) is 32.4 Å². The Balaban J connectivity index is 2.04.